The summed E-state index contributed by atoms with van der Waals surface area (Å²) in [6.45, 7) is 1.09. The number of thiocarbonyl (C=S) groups is 1. The molecule has 3 nitrogen and oxygen atoms in total. The van der Waals surface area contributed by atoms with Crippen LogP contribution in [0.3, 0.4) is 0 Å². The van der Waals surface area contributed by atoms with Crippen LogP contribution in [0.5, 0.6) is 0 Å². The Hall–Kier alpha value is -0.160. The second kappa shape index (κ2) is 3.49. The van der Waals surface area contributed by atoms with E-state index in [1.165, 1.54) is 0 Å². The summed E-state index contributed by atoms with van der Waals surface area (Å²) < 4.78 is 0. The third kappa shape index (κ3) is 1.70. The smallest absolute Gasteiger partial charge is 0.248 e. The topological polar surface area (TPSA) is 23.6 Å². The Bertz CT molecular complexity index is 197. The van der Waals surface area contributed by atoms with Crippen molar-refractivity contribution in [3.05, 3.63) is 0 Å². The second-order valence-corrected chi connectivity index (χ2v) is 3.53. The van der Waals surface area contributed by atoms with Gasteiger partial charge in [-0.3, -0.25) is 9.69 Å². The maximum absolute atomic E-state index is 11.2. The van der Waals surface area contributed by atoms with Crippen LogP contribution >= 0.6 is 28.1 Å². The van der Waals surface area contributed by atoms with Crippen molar-refractivity contribution in [2.24, 2.45) is 0 Å². The minimum absolute atomic E-state index is 0.0944. The van der Waals surface area contributed by atoms with Gasteiger partial charge in [0.1, 0.15) is 0 Å². The Kier molecular flexibility index (Phi) is 2.84. The maximum atomic E-state index is 11.2. The molecule has 0 saturated carbocycles. The summed E-state index contributed by atoms with van der Waals surface area (Å²) >= 11 is 8.28. The van der Waals surface area contributed by atoms with E-state index in [1.54, 1.807) is 9.80 Å². The summed E-state index contributed by atoms with van der Waals surface area (Å²) in [6.07, 6.45) is 0. The predicted octanol–water partition coefficient (Wildman–Crippen LogP) is 0.440. The normalized spacial score (nSPS) is 18.4. The molecule has 1 heterocycles. The molecule has 0 aromatic heterocycles. The first-order chi connectivity index (χ1) is 5.16. The quantitative estimate of drug-likeness (QED) is 0.514. The van der Waals surface area contributed by atoms with E-state index in [1.807, 2.05) is 7.05 Å². The van der Waals surface area contributed by atoms with Crippen LogP contribution in [-0.4, -0.2) is 46.3 Å². The Morgan fingerprint density at radius 3 is 2.73 bits per heavy atom. The van der Waals surface area contributed by atoms with E-state index in [0.29, 0.717) is 18.2 Å². The molecule has 1 aliphatic heterocycles. The zero-order valence-electron chi connectivity index (χ0n) is 6.21. The lowest BCUT2D eigenvalue weighted by atomic mass is 10.5. The standard InChI is InChI=1S/C6H9BrN2OS/c1-8-4-5(10)9(3-2-7)6(8)11/h2-4H2,1H3. The average Bonchev–Trinajstić information content (AvgIpc) is 2.17. The fraction of sp³-hybridized carbons (Fsp3) is 0.667. The molecule has 0 aromatic rings. The van der Waals surface area contributed by atoms with E-state index >= 15 is 0 Å². The number of nitrogens with zero attached hydrogens (tertiary/aromatic N) is 2. The van der Waals surface area contributed by atoms with Crippen molar-refractivity contribution in [1.29, 1.82) is 0 Å². The van der Waals surface area contributed by atoms with Gasteiger partial charge in [0.05, 0.1) is 6.54 Å². The van der Waals surface area contributed by atoms with Crippen LogP contribution in [0.4, 0.5) is 0 Å². The van der Waals surface area contributed by atoms with Gasteiger partial charge >= 0.3 is 0 Å². The minimum Gasteiger partial charge on any atom is -0.343 e. The minimum atomic E-state index is 0.0944. The highest BCUT2D eigenvalue weighted by molar-refractivity contribution is 9.09. The van der Waals surface area contributed by atoms with Gasteiger partial charge in [0.2, 0.25) is 5.91 Å². The Balaban J connectivity index is 2.64. The highest BCUT2D eigenvalue weighted by Crippen LogP contribution is 2.07. The van der Waals surface area contributed by atoms with Crippen LogP contribution in [0.25, 0.3) is 0 Å². The molecule has 1 aliphatic rings. The van der Waals surface area contributed by atoms with Crippen molar-refractivity contribution < 1.29 is 4.79 Å². The predicted molar refractivity (Wildman–Crippen MR) is 50.7 cm³/mol. The highest BCUT2D eigenvalue weighted by atomic mass is 79.9. The number of carbonyl (C=O) groups is 1. The van der Waals surface area contributed by atoms with E-state index in [-0.39, 0.29) is 5.91 Å². The summed E-state index contributed by atoms with van der Waals surface area (Å²) in [5.41, 5.74) is 0. The fourth-order valence-electron chi connectivity index (χ4n) is 0.973. The fourth-order valence-corrected chi connectivity index (χ4v) is 1.59. The summed E-state index contributed by atoms with van der Waals surface area (Å²) in [4.78, 5) is 14.6. The Morgan fingerprint density at radius 2 is 2.36 bits per heavy atom. The lowest BCUT2D eigenvalue weighted by molar-refractivity contribution is -0.124. The summed E-state index contributed by atoms with van der Waals surface area (Å²) in [6, 6.07) is 0. The first-order valence-corrected chi connectivity index (χ1v) is 4.81. The van der Waals surface area contributed by atoms with Crippen molar-refractivity contribution in [3.63, 3.8) is 0 Å². The summed E-state index contributed by atoms with van der Waals surface area (Å²) in [7, 11) is 1.83. The lowest BCUT2D eigenvalue weighted by Crippen LogP contribution is -2.32. The van der Waals surface area contributed by atoms with Crippen LogP contribution in [0.15, 0.2) is 0 Å². The van der Waals surface area contributed by atoms with Gasteiger partial charge in [-0.2, -0.15) is 0 Å². The first-order valence-electron chi connectivity index (χ1n) is 3.28. The molecular formula is C6H9BrN2OS. The van der Waals surface area contributed by atoms with Crippen molar-refractivity contribution in [1.82, 2.24) is 9.80 Å². The molecule has 1 rings (SSSR count). The average molecular weight is 237 g/mol. The summed E-state index contributed by atoms with van der Waals surface area (Å²) in [5.74, 6) is 0.0944. The van der Waals surface area contributed by atoms with Crippen molar-refractivity contribution in [2.45, 2.75) is 0 Å². The van der Waals surface area contributed by atoms with Gasteiger partial charge in [-0.15, -0.1) is 0 Å². The zero-order valence-corrected chi connectivity index (χ0v) is 8.61. The van der Waals surface area contributed by atoms with Gasteiger partial charge in [0, 0.05) is 18.9 Å². The van der Waals surface area contributed by atoms with Gasteiger partial charge in [-0.1, -0.05) is 15.9 Å². The van der Waals surface area contributed by atoms with Gasteiger partial charge in [-0.05, 0) is 12.2 Å². The van der Waals surface area contributed by atoms with Crippen molar-refractivity contribution in [3.8, 4) is 0 Å². The molecule has 0 unspecified atom stereocenters. The second-order valence-electron chi connectivity index (χ2n) is 2.37. The number of amides is 1. The van der Waals surface area contributed by atoms with Crippen LogP contribution in [0.2, 0.25) is 0 Å². The SMILES string of the molecule is CN1CC(=O)N(CCBr)C1=S. The Labute approximate surface area is 79.5 Å². The van der Waals surface area contributed by atoms with Gasteiger partial charge in [-0.25, -0.2) is 0 Å². The molecule has 11 heavy (non-hydrogen) atoms. The van der Waals surface area contributed by atoms with Gasteiger partial charge in [0.25, 0.3) is 0 Å². The number of rotatable bonds is 2. The molecule has 5 heteroatoms. The molecule has 0 spiro atoms. The monoisotopic (exact) mass is 236 g/mol. The number of hydrogen-bond donors (Lipinski definition) is 0. The molecule has 0 N–H and O–H groups in total. The molecular weight excluding hydrogens is 228 g/mol. The molecule has 0 aliphatic carbocycles. The number of carbonyl (C=O) groups excluding carboxylic acids is 1. The number of hydrogen-bond acceptors (Lipinski definition) is 2. The zero-order chi connectivity index (χ0) is 8.43. The van der Waals surface area contributed by atoms with Gasteiger partial charge < -0.3 is 4.90 Å². The molecule has 0 aromatic carbocycles. The largest absolute Gasteiger partial charge is 0.343 e. The van der Waals surface area contributed by atoms with Crippen molar-refractivity contribution in [2.75, 3.05) is 25.5 Å². The van der Waals surface area contributed by atoms with Crippen molar-refractivity contribution >= 4 is 39.2 Å². The Morgan fingerprint density at radius 1 is 1.73 bits per heavy atom. The third-order valence-corrected chi connectivity index (χ3v) is 2.43. The molecule has 0 atom stereocenters. The molecule has 1 amide bonds. The van der Waals surface area contributed by atoms with E-state index < -0.39 is 0 Å². The molecule has 0 radical (unpaired) electrons. The molecule has 1 saturated heterocycles. The van der Waals surface area contributed by atoms with Crippen LogP contribution < -0.4 is 0 Å². The number of alkyl halides is 1. The third-order valence-electron chi connectivity index (χ3n) is 1.54. The number of likely N-dealkylation sites (N-methyl/N-ethyl adjacent to an activating group) is 1. The van der Waals surface area contributed by atoms with E-state index in [9.17, 15) is 4.79 Å². The molecule has 1 fully saturated rings. The van der Waals surface area contributed by atoms with E-state index in [2.05, 4.69) is 15.9 Å². The molecule has 62 valence electrons. The van der Waals surface area contributed by atoms with E-state index in [4.69, 9.17) is 12.2 Å². The lowest BCUT2D eigenvalue weighted by Gasteiger charge is -2.14. The van der Waals surface area contributed by atoms with Crippen LogP contribution in [0, 0.1) is 0 Å². The van der Waals surface area contributed by atoms with Crippen LogP contribution in [0.1, 0.15) is 0 Å². The highest BCUT2D eigenvalue weighted by Gasteiger charge is 2.28. The van der Waals surface area contributed by atoms with Crippen LogP contribution in [-0.2, 0) is 4.79 Å². The van der Waals surface area contributed by atoms with E-state index in [0.717, 1.165) is 5.33 Å². The first kappa shape index (κ1) is 8.93. The molecule has 0 bridgehead atoms. The summed E-state index contributed by atoms with van der Waals surface area (Å²) in [5, 5.41) is 1.40. The number of halogens is 1. The van der Waals surface area contributed by atoms with Gasteiger partial charge in [0.15, 0.2) is 5.11 Å². The maximum Gasteiger partial charge on any atom is 0.248 e.